The standard InChI is InChI=1S/C46H55N5O/c1-8-34-27(3)39-24-41-30(6)37-19-15-11-13-17-33-21-20-32(22-42(33)47-31(7)52)16-12-10-14-18-36-29(5)40(50-45(36)25-43(34)48-39)23-38-28(4)35(9-2)44(49-38)26-46(37)51-41/h20-26,49,51H,8-19H2,1-7H3,(H,47,52). The fraction of sp³-hybridized carbons (Fsp3) is 0.413. The number of amides is 1. The van der Waals surface area contributed by atoms with Gasteiger partial charge in [0.05, 0.1) is 22.8 Å². The fourth-order valence-corrected chi connectivity index (χ4v) is 8.66. The van der Waals surface area contributed by atoms with Crippen molar-refractivity contribution in [3.05, 3.63) is 98.6 Å². The minimum Gasteiger partial charge on any atom is -0.355 e. The fourth-order valence-electron chi connectivity index (χ4n) is 8.66. The van der Waals surface area contributed by atoms with E-state index in [0.717, 1.165) is 117 Å². The van der Waals surface area contributed by atoms with Gasteiger partial charge in [0.1, 0.15) is 0 Å². The highest BCUT2D eigenvalue weighted by atomic mass is 16.1. The van der Waals surface area contributed by atoms with Crippen LogP contribution in [0.15, 0.2) is 42.5 Å². The maximum Gasteiger partial charge on any atom is 0.221 e. The molecule has 52 heavy (non-hydrogen) atoms. The van der Waals surface area contributed by atoms with Crippen molar-refractivity contribution in [3.63, 3.8) is 0 Å². The van der Waals surface area contributed by atoms with Gasteiger partial charge in [-0.3, -0.25) is 4.79 Å². The number of carbonyl (C=O) groups excluding carboxylic acids is 1. The molecule has 0 atom stereocenters. The van der Waals surface area contributed by atoms with Gasteiger partial charge >= 0.3 is 0 Å². The lowest BCUT2D eigenvalue weighted by Crippen LogP contribution is -2.09. The summed E-state index contributed by atoms with van der Waals surface area (Å²) in [5.41, 5.74) is 22.8. The number of aryl methyl sites for hydroxylation is 6. The highest BCUT2D eigenvalue weighted by molar-refractivity contribution is 5.95. The number of anilines is 1. The van der Waals surface area contributed by atoms with Gasteiger partial charge in [-0.15, -0.1) is 0 Å². The lowest BCUT2D eigenvalue weighted by atomic mass is 9.96. The number of aromatic amines is 2. The average Bonchev–Trinajstić information content (AvgIpc) is 3.77. The van der Waals surface area contributed by atoms with Crippen LogP contribution in [0.3, 0.4) is 0 Å². The monoisotopic (exact) mass is 693 g/mol. The summed E-state index contributed by atoms with van der Waals surface area (Å²) in [5.74, 6) is -0.00781. The van der Waals surface area contributed by atoms with E-state index in [0.29, 0.717) is 0 Å². The number of hydrogen-bond acceptors (Lipinski definition) is 3. The Hall–Kier alpha value is -4.71. The molecular weight excluding hydrogens is 639 g/mol. The van der Waals surface area contributed by atoms with Crippen molar-refractivity contribution >= 4 is 56.0 Å². The smallest absolute Gasteiger partial charge is 0.221 e. The van der Waals surface area contributed by atoms with Crippen LogP contribution in [0.25, 0.3) is 44.4 Å². The summed E-state index contributed by atoms with van der Waals surface area (Å²) in [7, 11) is 0. The summed E-state index contributed by atoms with van der Waals surface area (Å²) in [6.45, 7) is 15.1. The third-order valence-corrected chi connectivity index (χ3v) is 11.8. The first-order chi connectivity index (χ1) is 25.1. The third-order valence-electron chi connectivity index (χ3n) is 11.8. The van der Waals surface area contributed by atoms with Crippen LogP contribution < -0.4 is 5.32 Å². The van der Waals surface area contributed by atoms with Crippen LogP contribution in [0.4, 0.5) is 5.69 Å². The maximum absolute atomic E-state index is 12.2. The SMILES string of the molecule is CCC1=C(C)c2cc3[nH]c4cc5[nH]c(cc6nc(cc1n2)C(=C6C)CCCCCc1ccc(c(NC(C)=O)c1)CCCCCc4c3C)c(C)c5CC. The third kappa shape index (κ3) is 7.05. The van der Waals surface area contributed by atoms with Crippen LogP contribution in [-0.2, 0) is 30.5 Å². The Morgan fingerprint density at radius 3 is 2.08 bits per heavy atom. The molecule has 6 aliphatic heterocycles. The van der Waals surface area contributed by atoms with E-state index in [1.165, 1.54) is 66.7 Å². The van der Waals surface area contributed by atoms with Crippen molar-refractivity contribution in [2.45, 2.75) is 126 Å². The summed E-state index contributed by atoms with van der Waals surface area (Å²) in [5, 5.41) is 3.14. The Balaban J connectivity index is 1.43. The molecule has 1 aromatic carbocycles. The molecule has 10 rings (SSSR count). The van der Waals surface area contributed by atoms with Crippen LogP contribution in [0.1, 0.15) is 142 Å². The van der Waals surface area contributed by atoms with E-state index in [1.807, 2.05) is 0 Å². The van der Waals surface area contributed by atoms with Gasteiger partial charge in [0.2, 0.25) is 5.91 Å². The van der Waals surface area contributed by atoms with E-state index in [1.54, 1.807) is 6.92 Å². The number of rotatable bonds is 3. The molecule has 0 spiro atoms. The van der Waals surface area contributed by atoms with Gasteiger partial charge in [0, 0.05) is 34.7 Å². The number of benzene rings is 1. The quantitative estimate of drug-likeness (QED) is 0.200. The molecule has 0 aliphatic carbocycles. The molecule has 0 radical (unpaired) electrons. The highest BCUT2D eigenvalue weighted by Gasteiger charge is 2.21. The first kappa shape index (κ1) is 35.7. The molecule has 6 heteroatoms. The Morgan fingerprint density at radius 2 is 1.33 bits per heavy atom. The molecule has 9 heterocycles. The number of nitrogens with one attached hydrogen (secondary N) is 3. The van der Waals surface area contributed by atoms with E-state index in [2.05, 4.69) is 99.3 Å². The molecule has 0 saturated carbocycles. The summed E-state index contributed by atoms with van der Waals surface area (Å²) in [6, 6.07) is 15.9. The minimum absolute atomic E-state index is 0.00781. The van der Waals surface area contributed by atoms with E-state index >= 15 is 0 Å². The molecule has 0 fully saturated rings. The molecule has 6 nitrogen and oxygen atoms in total. The second kappa shape index (κ2) is 15.1. The van der Waals surface area contributed by atoms with Gasteiger partial charge in [-0.2, -0.15) is 0 Å². The summed E-state index contributed by atoms with van der Waals surface area (Å²) < 4.78 is 0. The molecule has 4 aromatic rings. The molecule has 3 aromatic heterocycles. The molecule has 3 N–H and O–H groups in total. The van der Waals surface area contributed by atoms with E-state index in [9.17, 15) is 4.79 Å². The van der Waals surface area contributed by atoms with Crippen LogP contribution in [-0.4, -0.2) is 25.8 Å². The van der Waals surface area contributed by atoms with Crippen molar-refractivity contribution in [1.82, 2.24) is 19.9 Å². The maximum atomic E-state index is 12.2. The largest absolute Gasteiger partial charge is 0.355 e. The van der Waals surface area contributed by atoms with E-state index in [4.69, 9.17) is 9.97 Å². The van der Waals surface area contributed by atoms with Gasteiger partial charge in [-0.05, 0) is 178 Å². The molecule has 6 aliphatic rings. The zero-order chi connectivity index (χ0) is 36.5. The second-order valence-electron chi connectivity index (χ2n) is 15.2. The molecule has 270 valence electrons. The Kier molecular flexibility index (Phi) is 10.4. The molecular formula is C46H55N5O. The van der Waals surface area contributed by atoms with Crippen molar-refractivity contribution in [3.8, 4) is 0 Å². The van der Waals surface area contributed by atoms with Crippen molar-refractivity contribution in [2.75, 3.05) is 5.32 Å². The lowest BCUT2D eigenvalue weighted by molar-refractivity contribution is -0.114. The lowest BCUT2D eigenvalue weighted by Gasteiger charge is -2.13. The van der Waals surface area contributed by atoms with Crippen LogP contribution in [0.5, 0.6) is 0 Å². The number of carbonyl (C=O) groups is 1. The molecule has 12 bridgehead atoms. The Labute approximate surface area is 309 Å². The Bertz CT molecular complexity index is 2280. The number of H-pyrrole nitrogens is 2. The summed E-state index contributed by atoms with van der Waals surface area (Å²) in [6.07, 6.45) is 12.4. The summed E-state index contributed by atoms with van der Waals surface area (Å²) in [4.78, 5) is 30.5. The predicted molar refractivity (Wildman–Crippen MR) is 219 cm³/mol. The number of nitrogens with zero attached hydrogens (tertiary/aromatic N) is 2. The van der Waals surface area contributed by atoms with Gasteiger partial charge in [-0.1, -0.05) is 38.8 Å². The minimum atomic E-state index is -0.00781. The first-order valence-corrected chi connectivity index (χ1v) is 19.7. The molecule has 0 saturated heterocycles. The second-order valence-corrected chi connectivity index (χ2v) is 15.2. The van der Waals surface area contributed by atoms with Crippen LogP contribution in [0, 0.1) is 13.8 Å². The topological polar surface area (TPSA) is 86.5 Å². The van der Waals surface area contributed by atoms with Crippen molar-refractivity contribution in [1.29, 1.82) is 0 Å². The van der Waals surface area contributed by atoms with E-state index in [-0.39, 0.29) is 5.91 Å². The zero-order valence-electron chi connectivity index (χ0n) is 32.3. The van der Waals surface area contributed by atoms with E-state index < -0.39 is 0 Å². The molecule has 1 amide bonds. The average molecular weight is 694 g/mol. The normalized spacial score (nSPS) is 15.7. The Morgan fingerprint density at radius 1 is 0.654 bits per heavy atom. The van der Waals surface area contributed by atoms with Gasteiger partial charge in [0.15, 0.2) is 0 Å². The van der Waals surface area contributed by atoms with Crippen LogP contribution >= 0.6 is 0 Å². The van der Waals surface area contributed by atoms with Gasteiger partial charge in [-0.25, -0.2) is 9.97 Å². The van der Waals surface area contributed by atoms with Crippen molar-refractivity contribution < 1.29 is 4.79 Å². The molecule has 0 unspecified atom stereocenters. The van der Waals surface area contributed by atoms with Crippen LogP contribution in [0.2, 0.25) is 0 Å². The first-order valence-electron chi connectivity index (χ1n) is 19.7. The van der Waals surface area contributed by atoms with Gasteiger partial charge in [0.25, 0.3) is 0 Å². The number of aromatic nitrogens is 4. The zero-order valence-corrected chi connectivity index (χ0v) is 32.3. The van der Waals surface area contributed by atoms with Crippen molar-refractivity contribution in [2.24, 2.45) is 0 Å². The number of allylic oxidation sites excluding steroid dienone is 4. The summed E-state index contributed by atoms with van der Waals surface area (Å²) >= 11 is 0. The van der Waals surface area contributed by atoms with Gasteiger partial charge < -0.3 is 15.3 Å². The predicted octanol–water partition coefficient (Wildman–Crippen LogP) is 11.8. The number of hydrogen-bond donors (Lipinski definition) is 3. The highest BCUT2D eigenvalue weighted by Crippen LogP contribution is 2.38.